The number of aromatic nitrogens is 4. The van der Waals surface area contributed by atoms with E-state index in [0.29, 0.717) is 0 Å². The number of aliphatic hydroxyl groups is 3. The molecular weight excluding hydrogens is 410 g/mol. The minimum absolute atomic E-state index is 0. The van der Waals surface area contributed by atoms with E-state index in [4.69, 9.17) is 19.7 Å². The Bertz CT molecular complexity index is 924. The van der Waals surface area contributed by atoms with Crippen molar-refractivity contribution in [3.05, 3.63) is 18.1 Å². The Morgan fingerprint density at radius 3 is 2.55 bits per heavy atom. The van der Waals surface area contributed by atoms with E-state index >= 15 is 0 Å². The van der Waals surface area contributed by atoms with Gasteiger partial charge < -0.3 is 29.6 Å². The third-order valence-corrected chi connectivity index (χ3v) is 4.28. The fourth-order valence-electron chi connectivity index (χ4n) is 2.67. The zero-order chi connectivity index (χ0) is 20.6. The lowest BCUT2D eigenvalue weighted by molar-refractivity contribution is -0.166. The first kappa shape index (κ1) is 23.0. The van der Waals surface area contributed by atoms with Crippen molar-refractivity contribution in [3.8, 4) is 0 Å². The fraction of sp³-hybridized carbons (Fsp3) is 0.625. The van der Waals surface area contributed by atoms with E-state index in [1.807, 2.05) is 0 Å². The maximum absolute atomic E-state index is 11.7. The topological polar surface area (TPSA) is 165 Å². The summed E-state index contributed by atoms with van der Waals surface area (Å²) in [4.78, 5) is 25.2. The number of nitrogens with one attached hydrogen (secondary N) is 1. The second kappa shape index (κ2) is 8.63. The Balaban J connectivity index is 0.00000300. The number of hydrogen-bond donors (Lipinski definition) is 4. The first-order valence-electron chi connectivity index (χ1n) is 8.57. The number of halogens is 1. The SMILES string of the molecule is CC(C)(C)C(=O)OCOn1cnc2c(ncn2[C@@H]2O[C@H](CO)[C@@H](O)[C@H]2O)c1=N.Cl. The van der Waals surface area contributed by atoms with Gasteiger partial charge in [0.1, 0.15) is 24.6 Å². The fourth-order valence-corrected chi connectivity index (χ4v) is 2.67. The molecule has 0 saturated carbocycles. The number of esters is 1. The summed E-state index contributed by atoms with van der Waals surface area (Å²) >= 11 is 0. The van der Waals surface area contributed by atoms with Gasteiger partial charge in [0.05, 0.1) is 18.3 Å². The number of rotatable bonds is 5. The van der Waals surface area contributed by atoms with Crippen molar-refractivity contribution in [1.29, 1.82) is 5.41 Å². The second-order valence-corrected chi connectivity index (χ2v) is 7.40. The summed E-state index contributed by atoms with van der Waals surface area (Å²) in [7, 11) is 0. The lowest BCUT2D eigenvalue weighted by atomic mass is 9.98. The van der Waals surface area contributed by atoms with Crippen molar-refractivity contribution < 1.29 is 34.4 Å². The first-order chi connectivity index (χ1) is 13.1. The maximum Gasteiger partial charge on any atom is 0.314 e. The van der Waals surface area contributed by atoms with Gasteiger partial charge in [-0.25, -0.2) is 9.97 Å². The van der Waals surface area contributed by atoms with Crippen molar-refractivity contribution >= 4 is 29.5 Å². The number of hydrogen-bond acceptors (Lipinski definition) is 10. The summed E-state index contributed by atoms with van der Waals surface area (Å²) in [6, 6.07) is 0. The molecule has 3 rings (SSSR count). The van der Waals surface area contributed by atoms with Crippen LogP contribution < -0.4 is 10.3 Å². The van der Waals surface area contributed by atoms with Gasteiger partial charge in [0.15, 0.2) is 22.9 Å². The number of aliphatic hydroxyl groups excluding tert-OH is 3. The molecule has 2 aromatic rings. The molecule has 0 amide bonds. The van der Waals surface area contributed by atoms with E-state index < -0.39 is 49.3 Å². The summed E-state index contributed by atoms with van der Waals surface area (Å²) in [6.07, 6.45) is -2.03. The lowest BCUT2D eigenvalue weighted by Crippen LogP contribution is -2.33. The Morgan fingerprint density at radius 2 is 1.97 bits per heavy atom. The summed E-state index contributed by atoms with van der Waals surface area (Å²) in [5, 5.41) is 37.5. The molecule has 0 unspecified atom stereocenters. The second-order valence-electron chi connectivity index (χ2n) is 7.40. The molecule has 1 aliphatic heterocycles. The smallest absolute Gasteiger partial charge is 0.314 e. The highest BCUT2D eigenvalue weighted by atomic mass is 35.5. The summed E-state index contributed by atoms with van der Waals surface area (Å²) in [5.74, 6) is -0.456. The number of carbonyl (C=O) groups is 1. The molecule has 0 aromatic carbocycles. The van der Waals surface area contributed by atoms with Gasteiger partial charge in [0.2, 0.25) is 0 Å². The van der Waals surface area contributed by atoms with Gasteiger partial charge in [-0.2, -0.15) is 0 Å². The Labute approximate surface area is 171 Å². The molecule has 0 radical (unpaired) electrons. The van der Waals surface area contributed by atoms with Crippen LogP contribution in [0.2, 0.25) is 0 Å². The maximum atomic E-state index is 11.7. The molecule has 12 nitrogen and oxygen atoms in total. The number of ether oxygens (including phenoxy) is 2. The van der Waals surface area contributed by atoms with Crippen LogP contribution >= 0.6 is 12.4 Å². The third kappa shape index (κ3) is 4.36. The van der Waals surface area contributed by atoms with Crippen LogP contribution in [-0.2, 0) is 14.3 Å². The molecule has 13 heteroatoms. The van der Waals surface area contributed by atoms with Crippen LogP contribution in [-0.4, -0.2) is 72.3 Å². The van der Waals surface area contributed by atoms with Crippen LogP contribution in [0.4, 0.5) is 0 Å². The van der Waals surface area contributed by atoms with Crippen LogP contribution in [0.15, 0.2) is 12.7 Å². The minimum atomic E-state index is -1.30. The Morgan fingerprint density at radius 1 is 1.28 bits per heavy atom. The van der Waals surface area contributed by atoms with E-state index in [2.05, 4.69) is 9.97 Å². The highest BCUT2D eigenvalue weighted by Gasteiger charge is 2.44. The summed E-state index contributed by atoms with van der Waals surface area (Å²) in [6.45, 7) is 4.25. The largest absolute Gasteiger partial charge is 0.425 e. The molecule has 0 spiro atoms. The monoisotopic (exact) mass is 433 g/mol. The predicted molar refractivity (Wildman–Crippen MR) is 98.6 cm³/mol. The molecule has 1 aliphatic rings. The number of nitrogens with zero attached hydrogens (tertiary/aromatic N) is 4. The molecule has 4 atom stereocenters. The van der Waals surface area contributed by atoms with Gasteiger partial charge in [-0.1, -0.05) is 0 Å². The highest BCUT2D eigenvalue weighted by Crippen LogP contribution is 2.30. The summed E-state index contributed by atoms with van der Waals surface area (Å²) < 4.78 is 12.8. The molecule has 1 fully saturated rings. The number of fused-ring (bicyclic) bond motifs is 1. The average Bonchev–Trinajstić information content (AvgIpc) is 3.18. The molecule has 0 bridgehead atoms. The third-order valence-electron chi connectivity index (χ3n) is 4.28. The van der Waals surface area contributed by atoms with E-state index in [9.17, 15) is 20.1 Å². The first-order valence-corrected chi connectivity index (χ1v) is 8.57. The summed E-state index contributed by atoms with van der Waals surface area (Å²) in [5.41, 5.74) is -0.492. The molecule has 29 heavy (non-hydrogen) atoms. The molecular formula is C16H24ClN5O7. The van der Waals surface area contributed by atoms with Gasteiger partial charge in [0.25, 0.3) is 6.79 Å². The Hall–Kier alpha value is -2.25. The highest BCUT2D eigenvalue weighted by molar-refractivity contribution is 5.85. The van der Waals surface area contributed by atoms with E-state index in [1.54, 1.807) is 20.8 Å². The van der Waals surface area contributed by atoms with Crippen molar-refractivity contribution in [2.24, 2.45) is 5.41 Å². The van der Waals surface area contributed by atoms with Crippen molar-refractivity contribution in [2.45, 2.75) is 45.3 Å². The van der Waals surface area contributed by atoms with Crippen LogP contribution in [0.1, 0.15) is 27.0 Å². The van der Waals surface area contributed by atoms with Crippen LogP contribution in [0.5, 0.6) is 0 Å². The normalized spacial score (nSPS) is 24.3. The van der Waals surface area contributed by atoms with Gasteiger partial charge >= 0.3 is 5.97 Å². The van der Waals surface area contributed by atoms with Gasteiger partial charge in [0, 0.05) is 0 Å². The van der Waals surface area contributed by atoms with Crippen molar-refractivity contribution in [2.75, 3.05) is 13.4 Å². The molecule has 4 N–H and O–H groups in total. The molecule has 0 aliphatic carbocycles. The predicted octanol–water partition coefficient (Wildman–Crippen LogP) is -1.28. The van der Waals surface area contributed by atoms with Gasteiger partial charge in [-0.05, 0) is 20.8 Å². The van der Waals surface area contributed by atoms with E-state index in [1.165, 1.54) is 17.2 Å². The molecule has 3 heterocycles. The number of imidazole rings is 1. The van der Waals surface area contributed by atoms with Crippen molar-refractivity contribution in [1.82, 2.24) is 19.3 Å². The molecule has 1 saturated heterocycles. The minimum Gasteiger partial charge on any atom is -0.425 e. The van der Waals surface area contributed by atoms with Crippen molar-refractivity contribution in [3.63, 3.8) is 0 Å². The molecule has 2 aromatic heterocycles. The average molecular weight is 434 g/mol. The van der Waals surface area contributed by atoms with E-state index in [0.717, 1.165) is 4.73 Å². The van der Waals surface area contributed by atoms with E-state index in [-0.39, 0.29) is 29.1 Å². The van der Waals surface area contributed by atoms with Crippen LogP contribution in [0, 0.1) is 10.8 Å². The lowest BCUT2D eigenvalue weighted by Gasteiger charge is -2.17. The van der Waals surface area contributed by atoms with Gasteiger partial charge in [-0.15, -0.1) is 17.1 Å². The standard InChI is InChI=1S/C16H23N5O7.ClH/c1-16(2,3)15(25)26-7-27-21-6-19-13-9(12(21)17)18-5-20(13)14-11(24)10(23)8(4-22)28-14;/h5-6,8,10-11,14,17,22-24H,4,7H2,1-3H3;1H/t8-,10-,11-,14-;/m1./s1. The number of carbonyl (C=O) groups excluding carboxylic acids is 1. The van der Waals surface area contributed by atoms with Crippen LogP contribution in [0.25, 0.3) is 11.2 Å². The zero-order valence-corrected chi connectivity index (χ0v) is 16.9. The molecule has 162 valence electrons. The quantitative estimate of drug-likeness (QED) is 0.332. The van der Waals surface area contributed by atoms with Gasteiger partial charge in [-0.3, -0.25) is 14.8 Å². The Kier molecular flexibility index (Phi) is 6.86. The zero-order valence-electron chi connectivity index (χ0n) is 16.1. The van der Waals surface area contributed by atoms with Crippen LogP contribution in [0.3, 0.4) is 0 Å².